The molecule has 0 aromatic heterocycles. The van der Waals surface area contributed by atoms with Gasteiger partial charge in [-0.2, -0.15) is 0 Å². The summed E-state index contributed by atoms with van der Waals surface area (Å²) in [6.07, 6.45) is 0.453. The normalized spacial score (nSPS) is 13.6. The standard InChI is InChI=1S/C10H12Cl3NO3S/c1-2-6(5-15)14-18(16,17)8-4-3-7(11)9(12)10(8)13/h3-4,6,14-15H,2,5H2,1H3. The first kappa shape index (κ1) is 16.0. The molecule has 18 heavy (non-hydrogen) atoms. The minimum atomic E-state index is -3.84. The van der Waals surface area contributed by atoms with E-state index >= 15 is 0 Å². The number of aliphatic hydroxyl groups is 1. The van der Waals surface area contributed by atoms with Crippen LogP contribution >= 0.6 is 34.8 Å². The van der Waals surface area contributed by atoms with Crippen LogP contribution in [0.15, 0.2) is 17.0 Å². The van der Waals surface area contributed by atoms with Gasteiger partial charge in [0.15, 0.2) is 0 Å². The number of nitrogens with one attached hydrogen (secondary N) is 1. The van der Waals surface area contributed by atoms with Gasteiger partial charge in [0.05, 0.1) is 21.7 Å². The lowest BCUT2D eigenvalue weighted by atomic mass is 10.3. The van der Waals surface area contributed by atoms with Crippen molar-refractivity contribution in [2.24, 2.45) is 0 Å². The summed E-state index contributed by atoms with van der Waals surface area (Å²) in [5.41, 5.74) is 0. The van der Waals surface area contributed by atoms with Crippen molar-refractivity contribution in [3.8, 4) is 0 Å². The second-order valence-electron chi connectivity index (χ2n) is 3.58. The number of halogens is 3. The van der Waals surface area contributed by atoms with Crippen molar-refractivity contribution in [1.29, 1.82) is 0 Å². The molecule has 4 nitrogen and oxygen atoms in total. The highest BCUT2D eigenvalue weighted by atomic mass is 35.5. The maximum atomic E-state index is 12.0. The number of benzene rings is 1. The van der Waals surface area contributed by atoms with Crippen molar-refractivity contribution in [2.45, 2.75) is 24.3 Å². The molecule has 0 saturated carbocycles. The van der Waals surface area contributed by atoms with Crippen LogP contribution in [0.3, 0.4) is 0 Å². The van der Waals surface area contributed by atoms with E-state index in [0.717, 1.165) is 0 Å². The SMILES string of the molecule is CCC(CO)NS(=O)(=O)c1ccc(Cl)c(Cl)c1Cl. The van der Waals surface area contributed by atoms with Gasteiger partial charge in [0, 0.05) is 6.04 Å². The minimum Gasteiger partial charge on any atom is -0.395 e. The van der Waals surface area contributed by atoms with Crippen LogP contribution in [0.4, 0.5) is 0 Å². The largest absolute Gasteiger partial charge is 0.395 e. The molecule has 0 aliphatic carbocycles. The van der Waals surface area contributed by atoms with E-state index in [1.54, 1.807) is 6.92 Å². The lowest BCUT2D eigenvalue weighted by Crippen LogP contribution is -2.37. The van der Waals surface area contributed by atoms with Crippen molar-refractivity contribution in [1.82, 2.24) is 4.72 Å². The summed E-state index contributed by atoms with van der Waals surface area (Å²) in [5.74, 6) is 0. The van der Waals surface area contributed by atoms with Crippen LogP contribution in [0.5, 0.6) is 0 Å². The third-order valence-electron chi connectivity index (χ3n) is 2.32. The van der Waals surface area contributed by atoms with E-state index in [-0.39, 0.29) is 26.6 Å². The van der Waals surface area contributed by atoms with E-state index in [9.17, 15) is 8.42 Å². The molecule has 2 N–H and O–H groups in total. The fourth-order valence-corrected chi connectivity index (χ4v) is 3.54. The van der Waals surface area contributed by atoms with Gasteiger partial charge >= 0.3 is 0 Å². The maximum Gasteiger partial charge on any atom is 0.242 e. The molecular weight excluding hydrogens is 321 g/mol. The highest BCUT2D eigenvalue weighted by molar-refractivity contribution is 7.89. The van der Waals surface area contributed by atoms with Gasteiger partial charge in [0.1, 0.15) is 4.90 Å². The second kappa shape index (κ2) is 6.41. The molecule has 0 aliphatic heterocycles. The molecule has 0 radical (unpaired) electrons. The van der Waals surface area contributed by atoms with Crippen LogP contribution in [0, 0.1) is 0 Å². The van der Waals surface area contributed by atoms with E-state index < -0.39 is 16.1 Å². The highest BCUT2D eigenvalue weighted by Gasteiger charge is 2.23. The third-order valence-corrected chi connectivity index (χ3v) is 5.29. The molecule has 0 saturated heterocycles. The monoisotopic (exact) mass is 331 g/mol. The first-order valence-electron chi connectivity index (χ1n) is 5.10. The highest BCUT2D eigenvalue weighted by Crippen LogP contribution is 2.34. The fourth-order valence-electron chi connectivity index (χ4n) is 1.25. The molecule has 1 unspecified atom stereocenters. The Bertz CT molecular complexity index is 529. The zero-order valence-corrected chi connectivity index (χ0v) is 12.5. The third kappa shape index (κ3) is 3.50. The minimum absolute atomic E-state index is 0.0155. The number of aliphatic hydroxyl groups excluding tert-OH is 1. The van der Waals surface area contributed by atoms with Crippen molar-refractivity contribution in [3.63, 3.8) is 0 Å². The molecule has 8 heteroatoms. The van der Waals surface area contributed by atoms with Gasteiger partial charge in [-0.1, -0.05) is 41.7 Å². The molecule has 1 aromatic rings. The van der Waals surface area contributed by atoms with Crippen LogP contribution in [0.1, 0.15) is 13.3 Å². The van der Waals surface area contributed by atoms with Gasteiger partial charge in [-0.05, 0) is 18.6 Å². The summed E-state index contributed by atoms with van der Waals surface area (Å²) >= 11 is 17.4. The van der Waals surface area contributed by atoms with E-state index in [2.05, 4.69) is 4.72 Å². The van der Waals surface area contributed by atoms with Gasteiger partial charge < -0.3 is 5.11 Å². The average molecular weight is 333 g/mol. The molecule has 0 aliphatic rings. The molecule has 1 atom stereocenters. The van der Waals surface area contributed by atoms with Crippen molar-refractivity contribution in [3.05, 3.63) is 27.2 Å². The Kier molecular flexibility index (Phi) is 5.70. The van der Waals surface area contributed by atoms with E-state index in [1.165, 1.54) is 12.1 Å². The molecule has 0 amide bonds. The Labute approximate surface area is 121 Å². The maximum absolute atomic E-state index is 12.0. The Morgan fingerprint density at radius 1 is 1.28 bits per heavy atom. The zero-order chi connectivity index (χ0) is 13.9. The van der Waals surface area contributed by atoms with Gasteiger partial charge in [-0.25, -0.2) is 13.1 Å². The van der Waals surface area contributed by atoms with Crippen LogP contribution in [-0.2, 0) is 10.0 Å². The molecule has 0 spiro atoms. The Morgan fingerprint density at radius 3 is 2.39 bits per heavy atom. The lowest BCUT2D eigenvalue weighted by Gasteiger charge is -2.15. The van der Waals surface area contributed by atoms with Crippen LogP contribution in [-0.4, -0.2) is 26.2 Å². The van der Waals surface area contributed by atoms with Gasteiger partial charge in [0.2, 0.25) is 10.0 Å². The van der Waals surface area contributed by atoms with Crippen molar-refractivity contribution >= 4 is 44.8 Å². The summed E-state index contributed by atoms with van der Waals surface area (Å²) < 4.78 is 26.4. The van der Waals surface area contributed by atoms with Crippen molar-refractivity contribution < 1.29 is 13.5 Å². The van der Waals surface area contributed by atoms with Crippen LogP contribution in [0.2, 0.25) is 15.1 Å². The Hall–Kier alpha value is -0.0400. The number of hydrogen-bond acceptors (Lipinski definition) is 3. The van der Waals surface area contributed by atoms with Gasteiger partial charge in [0.25, 0.3) is 0 Å². The molecule has 1 aromatic carbocycles. The number of sulfonamides is 1. The van der Waals surface area contributed by atoms with Crippen molar-refractivity contribution in [2.75, 3.05) is 6.61 Å². The second-order valence-corrected chi connectivity index (χ2v) is 6.43. The first-order chi connectivity index (χ1) is 8.33. The fraction of sp³-hybridized carbons (Fsp3) is 0.400. The number of rotatable bonds is 5. The summed E-state index contributed by atoms with van der Waals surface area (Å²) in [7, 11) is -3.84. The Morgan fingerprint density at radius 2 is 1.89 bits per heavy atom. The molecule has 1 rings (SSSR count). The number of hydrogen-bond donors (Lipinski definition) is 2. The summed E-state index contributed by atoms with van der Waals surface area (Å²) in [6.45, 7) is 1.45. The molecule has 0 fully saturated rings. The van der Waals surface area contributed by atoms with E-state index in [0.29, 0.717) is 6.42 Å². The molecule has 0 bridgehead atoms. The zero-order valence-electron chi connectivity index (χ0n) is 9.45. The quantitative estimate of drug-likeness (QED) is 0.815. The Balaban J connectivity index is 3.17. The topological polar surface area (TPSA) is 66.4 Å². The summed E-state index contributed by atoms with van der Waals surface area (Å²) in [4.78, 5) is -0.162. The summed E-state index contributed by atoms with van der Waals surface area (Å²) in [5, 5.41) is 9.02. The van der Waals surface area contributed by atoms with Crippen LogP contribution < -0.4 is 4.72 Å². The molecule has 0 heterocycles. The molecular formula is C10H12Cl3NO3S. The van der Waals surface area contributed by atoms with Crippen LogP contribution in [0.25, 0.3) is 0 Å². The molecule has 102 valence electrons. The lowest BCUT2D eigenvalue weighted by molar-refractivity contribution is 0.254. The van der Waals surface area contributed by atoms with E-state index in [4.69, 9.17) is 39.9 Å². The van der Waals surface area contributed by atoms with Gasteiger partial charge in [-0.3, -0.25) is 0 Å². The predicted molar refractivity (Wildman–Crippen MR) is 73.0 cm³/mol. The first-order valence-corrected chi connectivity index (χ1v) is 7.71. The van der Waals surface area contributed by atoms with Gasteiger partial charge in [-0.15, -0.1) is 0 Å². The average Bonchev–Trinajstić information content (AvgIpc) is 2.32. The smallest absolute Gasteiger partial charge is 0.242 e. The predicted octanol–water partition coefficient (Wildman–Crippen LogP) is 2.70. The summed E-state index contributed by atoms with van der Waals surface area (Å²) in [6, 6.07) is 2.05. The van der Waals surface area contributed by atoms with E-state index in [1.807, 2.05) is 0 Å².